The summed E-state index contributed by atoms with van der Waals surface area (Å²) in [5, 5.41) is 14.1. The zero-order valence-corrected chi connectivity index (χ0v) is 12.9. The standard InChI is InChI=1S/C14H26N2O4/c1-9(2)8-10(12(18)19)16-11(17)6-7-15-13(20)14(3,4)5/h9-10H,6-8H2,1-5H3,(H,15,20)(H,16,17)(H,18,19). The molecule has 0 aromatic carbocycles. The molecule has 0 aliphatic rings. The van der Waals surface area contributed by atoms with Crippen LogP contribution in [0.4, 0.5) is 0 Å². The second-order valence-corrected chi connectivity index (χ2v) is 6.34. The third kappa shape index (κ3) is 7.76. The van der Waals surface area contributed by atoms with Crippen LogP contribution in [-0.4, -0.2) is 35.5 Å². The van der Waals surface area contributed by atoms with E-state index in [-0.39, 0.29) is 30.7 Å². The van der Waals surface area contributed by atoms with Gasteiger partial charge < -0.3 is 15.7 Å². The van der Waals surface area contributed by atoms with Crippen molar-refractivity contribution in [3.8, 4) is 0 Å². The maximum atomic E-state index is 11.6. The summed E-state index contributed by atoms with van der Waals surface area (Å²) in [6.45, 7) is 9.34. The number of nitrogens with one attached hydrogen (secondary N) is 2. The van der Waals surface area contributed by atoms with Crippen LogP contribution < -0.4 is 10.6 Å². The summed E-state index contributed by atoms with van der Waals surface area (Å²) in [4.78, 5) is 34.2. The van der Waals surface area contributed by atoms with Gasteiger partial charge in [-0.2, -0.15) is 0 Å². The normalized spacial score (nSPS) is 12.9. The molecule has 1 unspecified atom stereocenters. The smallest absolute Gasteiger partial charge is 0.326 e. The summed E-state index contributed by atoms with van der Waals surface area (Å²) in [6.07, 6.45) is 0.457. The molecule has 20 heavy (non-hydrogen) atoms. The average Bonchev–Trinajstić information content (AvgIpc) is 2.25. The molecule has 6 nitrogen and oxygen atoms in total. The van der Waals surface area contributed by atoms with E-state index in [0.29, 0.717) is 6.42 Å². The number of rotatable bonds is 7. The van der Waals surface area contributed by atoms with E-state index in [2.05, 4.69) is 10.6 Å². The van der Waals surface area contributed by atoms with Gasteiger partial charge in [0.05, 0.1) is 0 Å². The third-order valence-corrected chi connectivity index (χ3v) is 2.66. The van der Waals surface area contributed by atoms with E-state index in [0.717, 1.165) is 0 Å². The second-order valence-electron chi connectivity index (χ2n) is 6.34. The van der Waals surface area contributed by atoms with Gasteiger partial charge in [-0.15, -0.1) is 0 Å². The number of hydrogen-bond donors (Lipinski definition) is 3. The van der Waals surface area contributed by atoms with Crippen LogP contribution in [0.2, 0.25) is 0 Å². The molecule has 0 rings (SSSR count). The predicted octanol–water partition coefficient (Wildman–Crippen LogP) is 1.15. The molecule has 6 heteroatoms. The largest absolute Gasteiger partial charge is 0.480 e. The summed E-state index contributed by atoms with van der Waals surface area (Å²) >= 11 is 0. The molecular weight excluding hydrogens is 260 g/mol. The molecule has 3 N–H and O–H groups in total. The second kappa shape index (κ2) is 7.87. The fourth-order valence-corrected chi connectivity index (χ4v) is 1.51. The first-order valence-corrected chi connectivity index (χ1v) is 6.84. The first-order valence-electron chi connectivity index (χ1n) is 6.84. The van der Waals surface area contributed by atoms with Crippen molar-refractivity contribution < 1.29 is 19.5 Å². The van der Waals surface area contributed by atoms with Gasteiger partial charge in [0.25, 0.3) is 0 Å². The highest BCUT2D eigenvalue weighted by Crippen LogP contribution is 2.12. The van der Waals surface area contributed by atoms with Gasteiger partial charge in [-0.3, -0.25) is 9.59 Å². The van der Waals surface area contributed by atoms with Gasteiger partial charge in [0, 0.05) is 18.4 Å². The van der Waals surface area contributed by atoms with Crippen molar-refractivity contribution in [3.05, 3.63) is 0 Å². The highest BCUT2D eigenvalue weighted by atomic mass is 16.4. The highest BCUT2D eigenvalue weighted by molar-refractivity contribution is 5.85. The molecule has 0 aliphatic heterocycles. The molecule has 0 bridgehead atoms. The minimum Gasteiger partial charge on any atom is -0.480 e. The van der Waals surface area contributed by atoms with Gasteiger partial charge >= 0.3 is 5.97 Å². The number of amides is 2. The molecule has 0 saturated carbocycles. The van der Waals surface area contributed by atoms with Gasteiger partial charge in [0.15, 0.2) is 0 Å². The first kappa shape index (κ1) is 18.4. The van der Waals surface area contributed by atoms with E-state index in [1.54, 1.807) is 20.8 Å². The van der Waals surface area contributed by atoms with Gasteiger partial charge in [0.1, 0.15) is 6.04 Å². The first-order chi connectivity index (χ1) is 9.04. The van der Waals surface area contributed by atoms with Crippen molar-refractivity contribution in [1.82, 2.24) is 10.6 Å². The van der Waals surface area contributed by atoms with E-state index >= 15 is 0 Å². The fourth-order valence-electron chi connectivity index (χ4n) is 1.51. The van der Waals surface area contributed by atoms with Crippen molar-refractivity contribution in [2.45, 2.75) is 53.5 Å². The Morgan fingerprint density at radius 1 is 1.15 bits per heavy atom. The molecule has 0 radical (unpaired) electrons. The third-order valence-electron chi connectivity index (χ3n) is 2.66. The molecular formula is C14H26N2O4. The van der Waals surface area contributed by atoms with Gasteiger partial charge in [-0.05, 0) is 12.3 Å². The molecule has 0 spiro atoms. The Kier molecular flexibility index (Phi) is 7.24. The Hall–Kier alpha value is -1.59. The lowest BCUT2D eigenvalue weighted by Crippen LogP contribution is -2.43. The Balaban J connectivity index is 4.15. The van der Waals surface area contributed by atoms with Crippen LogP contribution in [-0.2, 0) is 14.4 Å². The monoisotopic (exact) mass is 286 g/mol. The predicted molar refractivity (Wildman–Crippen MR) is 76.1 cm³/mol. The molecule has 0 aromatic rings. The lowest BCUT2D eigenvalue weighted by molar-refractivity contribution is -0.142. The molecule has 0 fully saturated rings. The number of carboxylic acids is 1. The van der Waals surface area contributed by atoms with Crippen LogP contribution in [0, 0.1) is 11.3 Å². The quantitative estimate of drug-likeness (QED) is 0.654. The fraction of sp³-hybridized carbons (Fsp3) is 0.786. The van der Waals surface area contributed by atoms with Crippen LogP contribution in [0.25, 0.3) is 0 Å². The van der Waals surface area contributed by atoms with E-state index in [1.807, 2.05) is 13.8 Å². The lowest BCUT2D eigenvalue weighted by atomic mass is 9.96. The van der Waals surface area contributed by atoms with Crippen molar-refractivity contribution >= 4 is 17.8 Å². The summed E-state index contributed by atoms with van der Waals surface area (Å²) in [5.74, 6) is -1.36. The number of carboxylic acid groups (broad SMARTS) is 1. The van der Waals surface area contributed by atoms with Gasteiger partial charge in [0.2, 0.25) is 11.8 Å². The number of aliphatic carboxylic acids is 1. The molecule has 116 valence electrons. The number of carbonyl (C=O) groups is 3. The van der Waals surface area contributed by atoms with E-state index < -0.39 is 17.4 Å². The maximum absolute atomic E-state index is 11.6. The molecule has 2 amide bonds. The summed E-state index contributed by atoms with van der Waals surface area (Å²) < 4.78 is 0. The van der Waals surface area contributed by atoms with E-state index in [4.69, 9.17) is 5.11 Å². The molecule has 0 heterocycles. The maximum Gasteiger partial charge on any atom is 0.326 e. The SMILES string of the molecule is CC(C)CC(NC(=O)CCNC(=O)C(C)(C)C)C(=O)O. The average molecular weight is 286 g/mol. The van der Waals surface area contributed by atoms with Crippen LogP contribution in [0.3, 0.4) is 0 Å². The van der Waals surface area contributed by atoms with Gasteiger partial charge in [-0.25, -0.2) is 4.79 Å². The Labute approximate surface area is 120 Å². The van der Waals surface area contributed by atoms with Crippen molar-refractivity contribution in [2.75, 3.05) is 6.54 Å². The summed E-state index contributed by atoms with van der Waals surface area (Å²) in [7, 11) is 0. The molecule has 0 aliphatic carbocycles. The Bertz CT molecular complexity index is 359. The molecule has 1 atom stereocenters. The minimum atomic E-state index is -1.04. The van der Waals surface area contributed by atoms with E-state index in [1.165, 1.54) is 0 Å². The zero-order valence-electron chi connectivity index (χ0n) is 12.9. The van der Waals surface area contributed by atoms with Crippen LogP contribution >= 0.6 is 0 Å². The molecule has 0 saturated heterocycles. The van der Waals surface area contributed by atoms with Crippen molar-refractivity contribution in [3.63, 3.8) is 0 Å². The molecule has 0 aromatic heterocycles. The van der Waals surface area contributed by atoms with Crippen molar-refractivity contribution in [2.24, 2.45) is 11.3 Å². The topological polar surface area (TPSA) is 95.5 Å². The minimum absolute atomic E-state index is 0.0731. The van der Waals surface area contributed by atoms with E-state index in [9.17, 15) is 14.4 Å². The Morgan fingerprint density at radius 2 is 1.70 bits per heavy atom. The lowest BCUT2D eigenvalue weighted by Gasteiger charge is -2.18. The number of carbonyl (C=O) groups excluding carboxylic acids is 2. The van der Waals surface area contributed by atoms with Crippen LogP contribution in [0.15, 0.2) is 0 Å². The van der Waals surface area contributed by atoms with Crippen LogP contribution in [0.1, 0.15) is 47.5 Å². The highest BCUT2D eigenvalue weighted by Gasteiger charge is 2.22. The Morgan fingerprint density at radius 3 is 2.10 bits per heavy atom. The zero-order chi connectivity index (χ0) is 15.9. The van der Waals surface area contributed by atoms with Crippen molar-refractivity contribution in [1.29, 1.82) is 0 Å². The van der Waals surface area contributed by atoms with Crippen LogP contribution in [0.5, 0.6) is 0 Å². The number of hydrogen-bond acceptors (Lipinski definition) is 3. The summed E-state index contributed by atoms with van der Waals surface area (Å²) in [6, 6.07) is -0.874. The van der Waals surface area contributed by atoms with Gasteiger partial charge in [-0.1, -0.05) is 34.6 Å². The summed E-state index contributed by atoms with van der Waals surface area (Å²) in [5.41, 5.74) is -0.502.